The zero-order valence-corrected chi connectivity index (χ0v) is 12.5. The molecule has 0 saturated heterocycles. The number of hydrogen-bond donors (Lipinski definition) is 1. The van der Waals surface area contributed by atoms with Gasteiger partial charge >= 0.3 is 0 Å². The molecule has 1 aromatic carbocycles. The maximum atomic E-state index is 3.65. The number of H-pyrrole nitrogens is 1. The van der Waals surface area contributed by atoms with Crippen LogP contribution < -0.4 is 0 Å². The molecule has 0 amide bonds. The second-order valence-electron chi connectivity index (χ2n) is 4.84. The number of benzene rings is 1. The second kappa shape index (κ2) is 5.45. The average molecular weight is 255 g/mol. The van der Waals surface area contributed by atoms with Crippen LogP contribution in [0.1, 0.15) is 26.3 Å². The summed E-state index contributed by atoms with van der Waals surface area (Å²) in [5.41, 5.74) is 5.98. The van der Waals surface area contributed by atoms with Crippen LogP contribution in [0.4, 0.5) is 0 Å². The fourth-order valence-electron chi connectivity index (χ4n) is 2.39. The van der Waals surface area contributed by atoms with Gasteiger partial charge in [0.05, 0.1) is 0 Å². The summed E-state index contributed by atoms with van der Waals surface area (Å²) < 4.78 is 0. The molecule has 2 heteroatoms. The molecular formula is C16H21NSi. The number of rotatable bonds is 3. The van der Waals surface area contributed by atoms with E-state index < -0.39 is 8.07 Å². The Morgan fingerprint density at radius 3 is 2.39 bits per heavy atom. The van der Waals surface area contributed by atoms with Crippen molar-refractivity contribution in [3.8, 4) is 11.5 Å². The molecule has 1 nitrogen and oxygen atoms in total. The number of para-hydroxylation sites is 1. The molecule has 0 aliphatic heterocycles. The third-order valence-corrected chi connectivity index (χ3v) is 8.80. The molecule has 0 atom stereocenters. The number of aromatic nitrogens is 1. The van der Waals surface area contributed by atoms with Gasteiger partial charge in [-0.05, 0) is 24.2 Å². The average Bonchev–Trinajstić information content (AvgIpc) is 2.85. The van der Waals surface area contributed by atoms with E-state index in [4.69, 9.17) is 0 Å². The third kappa shape index (κ3) is 2.37. The molecule has 18 heavy (non-hydrogen) atoms. The minimum atomic E-state index is -1.34. The Morgan fingerprint density at radius 1 is 1.06 bits per heavy atom. The van der Waals surface area contributed by atoms with Crippen molar-refractivity contribution in [3.63, 3.8) is 0 Å². The van der Waals surface area contributed by atoms with Crippen molar-refractivity contribution < 1.29 is 0 Å². The molecule has 0 aliphatic carbocycles. The second-order valence-corrected chi connectivity index (χ2v) is 9.77. The minimum absolute atomic E-state index is 1.15. The molecule has 1 N–H and O–H groups in total. The van der Waals surface area contributed by atoms with Crippen molar-refractivity contribution in [1.82, 2.24) is 4.98 Å². The summed E-state index contributed by atoms with van der Waals surface area (Å²) >= 11 is 0. The van der Waals surface area contributed by atoms with Gasteiger partial charge in [-0.15, -0.1) is 5.54 Å². The lowest BCUT2D eigenvalue weighted by Gasteiger charge is -2.19. The molecule has 0 aliphatic rings. The summed E-state index contributed by atoms with van der Waals surface area (Å²) in [6.07, 6.45) is 2.04. The summed E-state index contributed by atoms with van der Waals surface area (Å²) in [5.74, 6) is 3.44. The molecular weight excluding hydrogens is 234 g/mol. The maximum Gasteiger partial charge on any atom is 0.138 e. The zero-order valence-electron chi connectivity index (χ0n) is 11.5. The van der Waals surface area contributed by atoms with E-state index >= 15 is 0 Å². The Kier molecular flexibility index (Phi) is 3.93. The molecule has 0 radical (unpaired) electrons. The maximum absolute atomic E-state index is 3.65. The Hall–Kier alpha value is -1.46. The summed E-state index contributed by atoms with van der Waals surface area (Å²) in [6.45, 7) is 6.88. The van der Waals surface area contributed by atoms with Gasteiger partial charge in [0.1, 0.15) is 8.07 Å². The quantitative estimate of drug-likeness (QED) is 0.611. The van der Waals surface area contributed by atoms with E-state index in [1.807, 2.05) is 6.20 Å². The smallest absolute Gasteiger partial charge is 0.138 e. The van der Waals surface area contributed by atoms with E-state index in [1.54, 1.807) is 0 Å². The van der Waals surface area contributed by atoms with E-state index in [-0.39, 0.29) is 0 Å². The molecule has 1 aromatic heterocycles. The molecule has 1 heterocycles. The topological polar surface area (TPSA) is 15.8 Å². The molecule has 2 aromatic rings. The van der Waals surface area contributed by atoms with Crippen molar-refractivity contribution in [2.45, 2.75) is 38.9 Å². The summed E-state index contributed by atoms with van der Waals surface area (Å²) in [7, 11) is -1.34. The minimum Gasteiger partial charge on any atom is -0.360 e. The van der Waals surface area contributed by atoms with Gasteiger partial charge in [0.2, 0.25) is 0 Å². The Morgan fingerprint density at radius 2 is 1.72 bits per heavy atom. The van der Waals surface area contributed by atoms with Gasteiger partial charge in [-0.2, -0.15) is 0 Å². The highest BCUT2D eigenvalue weighted by atomic mass is 28.3. The molecule has 0 unspecified atom stereocenters. The van der Waals surface area contributed by atoms with E-state index in [2.05, 4.69) is 61.5 Å². The number of fused-ring (bicyclic) bond motifs is 1. The summed E-state index contributed by atoms with van der Waals surface area (Å²) in [5, 5.41) is 1.25. The van der Waals surface area contributed by atoms with Crippen LogP contribution in [0.2, 0.25) is 18.1 Å². The predicted molar refractivity (Wildman–Crippen MR) is 82.4 cm³/mol. The Bertz CT molecular complexity index is 573. The number of aromatic amines is 1. The number of hydrogen-bond acceptors (Lipinski definition) is 0. The summed E-state index contributed by atoms with van der Waals surface area (Å²) in [4.78, 5) is 3.29. The van der Waals surface area contributed by atoms with Crippen LogP contribution in [0.5, 0.6) is 0 Å². The van der Waals surface area contributed by atoms with Crippen molar-refractivity contribution >= 4 is 19.0 Å². The van der Waals surface area contributed by atoms with Crippen molar-refractivity contribution in [2.24, 2.45) is 0 Å². The van der Waals surface area contributed by atoms with Gasteiger partial charge in [-0.25, -0.2) is 0 Å². The molecule has 94 valence electrons. The van der Waals surface area contributed by atoms with Gasteiger partial charge in [0.25, 0.3) is 0 Å². The lowest BCUT2D eigenvalue weighted by Crippen LogP contribution is -2.29. The molecule has 0 bridgehead atoms. The van der Waals surface area contributed by atoms with Crippen molar-refractivity contribution in [2.75, 3.05) is 0 Å². The fraction of sp³-hybridized carbons (Fsp3) is 0.375. The van der Waals surface area contributed by atoms with Crippen LogP contribution in [-0.2, 0) is 0 Å². The van der Waals surface area contributed by atoms with Gasteiger partial charge < -0.3 is 4.98 Å². The molecule has 0 spiro atoms. The van der Waals surface area contributed by atoms with Gasteiger partial charge in [0, 0.05) is 22.7 Å². The van der Waals surface area contributed by atoms with Crippen LogP contribution in [0.15, 0.2) is 30.5 Å². The monoisotopic (exact) mass is 255 g/mol. The van der Waals surface area contributed by atoms with Crippen molar-refractivity contribution in [1.29, 1.82) is 0 Å². The van der Waals surface area contributed by atoms with Gasteiger partial charge in [0.15, 0.2) is 0 Å². The van der Waals surface area contributed by atoms with Crippen LogP contribution >= 0.6 is 0 Å². The van der Waals surface area contributed by atoms with E-state index in [0.29, 0.717) is 0 Å². The predicted octanol–water partition coefficient (Wildman–Crippen LogP) is 4.57. The first-order valence-corrected chi connectivity index (χ1v) is 9.46. The molecule has 2 rings (SSSR count). The normalized spacial score (nSPS) is 11.3. The van der Waals surface area contributed by atoms with Crippen LogP contribution in [0, 0.1) is 11.5 Å². The van der Waals surface area contributed by atoms with Crippen LogP contribution in [-0.4, -0.2) is 13.1 Å². The third-order valence-electron chi connectivity index (χ3n) is 4.08. The van der Waals surface area contributed by atoms with E-state index in [9.17, 15) is 0 Å². The first-order chi connectivity index (χ1) is 8.74. The van der Waals surface area contributed by atoms with Crippen LogP contribution in [0.3, 0.4) is 0 Å². The largest absolute Gasteiger partial charge is 0.360 e. The summed E-state index contributed by atoms with van der Waals surface area (Å²) in [6, 6.07) is 12.2. The lowest BCUT2D eigenvalue weighted by molar-refractivity contribution is 1.20. The highest BCUT2D eigenvalue weighted by molar-refractivity contribution is 6.87. The van der Waals surface area contributed by atoms with Crippen LogP contribution in [0.25, 0.3) is 10.9 Å². The number of nitrogens with one attached hydrogen (secondary N) is 1. The fourth-order valence-corrected chi connectivity index (χ4v) is 4.82. The molecule has 0 saturated carbocycles. The van der Waals surface area contributed by atoms with E-state index in [1.165, 1.54) is 29.0 Å². The Labute approximate surface area is 111 Å². The zero-order chi connectivity index (χ0) is 13.0. The van der Waals surface area contributed by atoms with Gasteiger partial charge in [-0.3, -0.25) is 0 Å². The highest BCUT2D eigenvalue weighted by Crippen LogP contribution is 2.20. The lowest BCUT2D eigenvalue weighted by atomic mass is 10.2. The first-order valence-electron chi connectivity index (χ1n) is 6.84. The Balaban J connectivity index is 2.40. The molecule has 0 fully saturated rings. The standard InChI is InChI=1S/C16H21NSi/c1-4-18(5-2,6-3)12-11-14-13-17-16-10-8-7-9-15(14)16/h7-10,13,17H,4-6H2,1-3H3. The van der Waals surface area contributed by atoms with Crippen molar-refractivity contribution in [3.05, 3.63) is 36.0 Å². The first kappa shape index (κ1) is 13.0. The SMILES string of the molecule is CC[Si](C#Cc1c[nH]c2ccccc12)(CC)CC. The highest BCUT2D eigenvalue weighted by Gasteiger charge is 2.24. The van der Waals surface area contributed by atoms with E-state index in [0.717, 1.165) is 5.56 Å². The van der Waals surface area contributed by atoms with Gasteiger partial charge in [-0.1, -0.05) is 44.9 Å².